The van der Waals surface area contributed by atoms with Crippen molar-refractivity contribution in [3.8, 4) is 22.9 Å². The fourth-order valence-corrected chi connectivity index (χ4v) is 2.30. The molecule has 0 bridgehead atoms. The minimum absolute atomic E-state index is 0.201. The van der Waals surface area contributed by atoms with Crippen molar-refractivity contribution >= 4 is 5.91 Å². The van der Waals surface area contributed by atoms with Crippen LogP contribution in [-0.4, -0.2) is 22.8 Å². The Labute approximate surface area is 136 Å². The Morgan fingerprint density at radius 3 is 2.96 bits per heavy atom. The molecule has 0 unspecified atom stereocenters. The van der Waals surface area contributed by atoms with Crippen molar-refractivity contribution in [1.82, 2.24) is 15.5 Å². The summed E-state index contributed by atoms with van der Waals surface area (Å²) in [7, 11) is 0. The number of hydrogen-bond acceptors (Lipinski definition) is 7. The van der Waals surface area contributed by atoms with Gasteiger partial charge in [0.25, 0.3) is 5.91 Å². The summed E-state index contributed by atoms with van der Waals surface area (Å²) in [5.74, 6) is 1.89. The van der Waals surface area contributed by atoms with Crippen LogP contribution in [0.4, 0.5) is 0 Å². The standard InChI is InChI=1S/C16H13N3O5/c1-9(17-15(20)12-3-2-6-21-12)16-18-14(19-24-16)10-4-5-11-13(7-10)23-8-22-11/h2-7,9H,8H2,1H3,(H,17,20)/t9-/m0/s1. The summed E-state index contributed by atoms with van der Waals surface area (Å²) in [6.45, 7) is 1.95. The van der Waals surface area contributed by atoms with Gasteiger partial charge in [-0.15, -0.1) is 0 Å². The molecule has 8 heteroatoms. The van der Waals surface area contributed by atoms with Crippen molar-refractivity contribution in [2.45, 2.75) is 13.0 Å². The minimum atomic E-state index is -0.460. The number of nitrogens with one attached hydrogen (secondary N) is 1. The third-order valence-corrected chi connectivity index (χ3v) is 3.54. The predicted molar refractivity (Wildman–Crippen MR) is 80.4 cm³/mol. The molecule has 1 N–H and O–H groups in total. The van der Waals surface area contributed by atoms with Gasteiger partial charge in [-0.25, -0.2) is 0 Å². The lowest BCUT2D eigenvalue weighted by molar-refractivity contribution is 0.0904. The van der Waals surface area contributed by atoms with E-state index in [-0.39, 0.29) is 18.5 Å². The first-order chi connectivity index (χ1) is 11.7. The SMILES string of the molecule is C[C@H](NC(=O)c1ccco1)c1nc(-c2ccc3c(c2)OCO3)no1. The highest BCUT2D eigenvalue weighted by molar-refractivity contribution is 5.91. The second-order valence-corrected chi connectivity index (χ2v) is 5.20. The van der Waals surface area contributed by atoms with Crippen LogP contribution in [0.1, 0.15) is 29.4 Å². The topological polar surface area (TPSA) is 99.6 Å². The van der Waals surface area contributed by atoms with Crippen molar-refractivity contribution in [1.29, 1.82) is 0 Å². The maximum absolute atomic E-state index is 12.0. The third kappa shape index (κ3) is 2.58. The molecule has 0 spiro atoms. The Hall–Kier alpha value is -3.29. The van der Waals surface area contributed by atoms with Crippen molar-refractivity contribution in [2.75, 3.05) is 6.79 Å². The van der Waals surface area contributed by atoms with Crippen molar-refractivity contribution in [2.24, 2.45) is 0 Å². The van der Waals surface area contributed by atoms with Crippen LogP contribution in [0.2, 0.25) is 0 Å². The molecule has 0 saturated heterocycles. The molecule has 0 radical (unpaired) electrons. The van der Waals surface area contributed by atoms with Crippen LogP contribution in [0, 0.1) is 0 Å². The summed E-state index contributed by atoms with van der Waals surface area (Å²) in [5.41, 5.74) is 0.735. The number of nitrogens with zero attached hydrogens (tertiary/aromatic N) is 2. The summed E-state index contributed by atoms with van der Waals surface area (Å²) in [4.78, 5) is 16.3. The molecule has 3 heterocycles. The van der Waals surface area contributed by atoms with Gasteiger partial charge in [-0.1, -0.05) is 5.16 Å². The number of rotatable bonds is 4. The Kier molecular flexibility index (Phi) is 3.42. The lowest BCUT2D eigenvalue weighted by Crippen LogP contribution is -2.26. The van der Waals surface area contributed by atoms with E-state index in [1.807, 2.05) is 6.07 Å². The predicted octanol–water partition coefficient (Wildman–Crippen LogP) is 2.55. The molecule has 0 saturated carbocycles. The molecule has 1 aliphatic rings. The number of ether oxygens (including phenoxy) is 2. The van der Waals surface area contributed by atoms with Crippen LogP contribution in [0.15, 0.2) is 45.5 Å². The van der Waals surface area contributed by atoms with Crippen LogP contribution in [0.3, 0.4) is 0 Å². The maximum Gasteiger partial charge on any atom is 0.287 e. The molecule has 122 valence electrons. The van der Waals surface area contributed by atoms with Gasteiger partial charge >= 0.3 is 0 Å². The molecule has 0 aliphatic carbocycles. The van der Waals surface area contributed by atoms with Crippen LogP contribution in [0.5, 0.6) is 11.5 Å². The van der Waals surface area contributed by atoms with Crippen molar-refractivity contribution in [3.05, 3.63) is 48.2 Å². The molecule has 1 aliphatic heterocycles. The molecule has 1 amide bonds. The molecular formula is C16H13N3O5. The molecule has 8 nitrogen and oxygen atoms in total. The first kappa shape index (κ1) is 14.3. The smallest absolute Gasteiger partial charge is 0.287 e. The fourth-order valence-electron chi connectivity index (χ4n) is 2.30. The number of hydrogen-bond donors (Lipinski definition) is 1. The zero-order valence-corrected chi connectivity index (χ0v) is 12.7. The highest BCUT2D eigenvalue weighted by Crippen LogP contribution is 2.35. The van der Waals surface area contributed by atoms with Gasteiger partial charge in [0.2, 0.25) is 18.5 Å². The van der Waals surface area contributed by atoms with E-state index in [1.54, 1.807) is 31.2 Å². The second-order valence-electron chi connectivity index (χ2n) is 5.20. The molecule has 1 aromatic carbocycles. The van der Waals surface area contributed by atoms with E-state index in [0.717, 1.165) is 5.56 Å². The summed E-state index contributed by atoms with van der Waals surface area (Å²) in [5, 5.41) is 6.68. The van der Waals surface area contributed by atoms with E-state index >= 15 is 0 Å². The van der Waals surface area contributed by atoms with E-state index in [0.29, 0.717) is 23.2 Å². The Bertz CT molecular complexity index is 872. The molecule has 3 aromatic rings. The number of carbonyl (C=O) groups is 1. The van der Waals surface area contributed by atoms with Gasteiger partial charge in [-0.2, -0.15) is 4.98 Å². The number of amides is 1. The molecule has 4 rings (SSSR count). The van der Waals surface area contributed by atoms with Crippen LogP contribution >= 0.6 is 0 Å². The van der Waals surface area contributed by atoms with Crippen LogP contribution in [-0.2, 0) is 0 Å². The highest BCUT2D eigenvalue weighted by Gasteiger charge is 2.21. The van der Waals surface area contributed by atoms with Gasteiger partial charge < -0.3 is 23.7 Å². The van der Waals surface area contributed by atoms with Crippen molar-refractivity contribution < 1.29 is 23.2 Å². The molecule has 0 fully saturated rings. The van der Waals surface area contributed by atoms with Crippen LogP contribution in [0.25, 0.3) is 11.4 Å². The second kappa shape index (κ2) is 5.73. The summed E-state index contributed by atoms with van der Waals surface area (Å²) < 4.78 is 20.9. The number of furan rings is 1. The Morgan fingerprint density at radius 2 is 2.12 bits per heavy atom. The largest absolute Gasteiger partial charge is 0.459 e. The number of benzene rings is 1. The van der Waals surface area contributed by atoms with Gasteiger partial charge in [-0.05, 0) is 37.3 Å². The summed E-state index contributed by atoms with van der Waals surface area (Å²) >= 11 is 0. The fraction of sp³-hybridized carbons (Fsp3) is 0.188. The van der Waals surface area contributed by atoms with Crippen molar-refractivity contribution in [3.63, 3.8) is 0 Å². The zero-order valence-electron chi connectivity index (χ0n) is 12.7. The maximum atomic E-state index is 12.0. The highest BCUT2D eigenvalue weighted by atomic mass is 16.7. The number of aromatic nitrogens is 2. The number of carbonyl (C=O) groups excluding carboxylic acids is 1. The van der Waals surface area contributed by atoms with Gasteiger partial charge in [0.05, 0.1) is 6.26 Å². The Balaban J connectivity index is 1.51. The lowest BCUT2D eigenvalue weighted by Gasteiger charge is -2.07. The first-order valence-corrected chi connectivity index (χ1v) is 7.29. The number of fused-ring (bicyclic) bond motifs is 1. The third-order valence-electron chi connectivity index (χ3n) is 3.54. The molecule has 24 heavy (non-hydrogen) atoms. The quantitative estimate of drug-likeness (QED) is 0.786. The van der Waals surface area contributed by atoms with E-state index in [2.05, 4.69) is 15.5 Å². The van der Waals surface area contributed by atoms with Gasteiger partial charge in [0, 0.05) is 5.56 Å². The average Bonchev–Trinajstić information content (AvgIpc) is 3.33. The van der Waals surface area contributed by atoms with E-state index in [1.165, 1.54) is 6.26 Å². The monoisotopic (exact) mass is 327 g/mol. The van der Waals surface area contributed by atoms with Crippen LogP contribution < -0.4 is 14.8 Å². The molecular weight excluding hydrogens is 314 g/mol. The normalized spacial score (nSPS) is 13.7. The molecule has 2 aromatic heterocycles. The first-order valence-electron chi connectivity index (χ1n) is 7.29. The summed E-state index contributed by atoms with van der Waals surface area (Å²) in [6, 6.07) is 8.14. The van der Waals surface area contributed by atoms with Gasteiger partial charge in [-0.3, -0.25) is 4.79 Å². The van der Waals surface area contributed by atoms with Gasteiger partial charge in [0.15, 0.2) is 17.3 Å². The van der Waals surface area contributed by atoms with E-state index in [4.69, 9.17) is 18.4 Å². The van der Waals surface area contributed by atoms with Gasteiger partial charge in [0.1, 0.15) is 6.04 Å². The van der Waals surface area contributed by atoms with E-state index in [9.17, 15) is 4.79 Å². The average molecular weight is 327 g/mol. The Morgan fingerprint density at radius 1 is 1.25 bits per heavy atom. The molecule has 1 atom stereocenters. The lowest BCUT2D eigenvalue weighted by atomic mass is 10.2. The minimum Gasteiger partial charge on any atom is -0.459 e. The zero-order chi connectivity index (χ0) is 16.5. The van der Waals surface area contributed by atoms with E-state index < -0.39 is 6.04 Å². The summed E-state index contributed by atoms with van der Waals surface area (Å²) in [6.07, 6.45) is 1.43.